The first-order valence-electron chi connectivity index (χ1n) is 5.01. The smallest absolute Gasteiger partial charge is 0.111 e. The van der Waals surface area contributed by atoms with Gasteiger partial charge in [0, 0.05) is 13.1 Å². The third kappa shape index (κ3) is 6.53. The molecule has 0 amide bonds. The van der Waals surface area contributed by atoms with E-state index in [4.69, 9.17) is 35.1 Å². The molecule has 0 aliphatic carbocycles. The van der Waals surface area contributed by atoms with Gasteiger partial charge < -0.3 is 55.3 Å². The summed E-state index contributed by atoms with van der Waals surface area (Å²) < 4.78 is 0.324. The quantitative estimate of drug-likeness (QED) is 0.241. The van der Waals surface area contributed by atoms with Crippen LogP contribution in [0.5, 0.6) is 0 Å². The van der Waals surface area contributed by atoms with Crippen LogP contribution in [0.25, 0.3) is 0 Å². The number of likely N-dealkylation sites (N-methyl/N-ethyl adjacent to an activating group) is 1. The lowest BCUT2D eigenvalue weighted by molar-refractivity contribution is -0.118. The third-order valence-electron chi connectivity index (χ3n) is 2.22. The molecule has 0 aliphatic heterocycles. The summed E-state index contributed by atoms with van der Waals surface area (Å²) in [5.41, 5.74) is 0. The Morgan fingerprint density at radius 3 is 2.06 bits per heavy atom. The highest BCUT2D eigenvalue weighted by Crippen LogP contribution is 2.06. The summed E-state index contributed by atoms with van der Waals surface area (Å²) in [6.07, 6.45) is -5.94. The van der Waals surface area contributed by atoms with Crippen LogP contribution < -0.4 is 0 Å². The van der Waals surface area contributed by atoms with Crippen LogP contribution in [0.1, 0.15) is 0 Å². The first kappa shape index (κ1) is 17.1. The monoisotopic (exact) mass is 284 g/mol. The highest BCUT2D eigenvalue weighted by Gasteiger charge is 2.30. The first-order valence-corrected chi connectivity index (χ1v) is 5.82. The van der Waals surface area contributed by atoms with Gasteiger partial charge in [0.1, 0.15) is 18.3 Å². The molecule has 0 unspecified atom stereocenters. The minimum absolute atomic E-state index is 0.0349. The van der Waals surface area contributed by atoms with Crippen molar-refractivity contribution in [3.8, 4) is 0 Å². The van der Waals surface area contributed by atoms with Gasteiger partial charge in [-0.05, 0) is 7.05 Å². The zero-order valence-electron chi connectivity index (χ0n) is 9.43. The molecule has 0 saturated heterocycles. The van der Waals surface area contributed by atoms with Crippen LogP contribution in [-0.2, 0) is 12.6 Å². The van der Waals surface area contributed by atoms with Crippen LogP contribution in [0, 0.1) is 0 Å². The molecule has 0 aliphatic rings. The standard InChI is InChI=1S/C9H19NO5S2/c1-10(3-7(16)17)2-5(12)8(14)9(15)6(13)4-11/h5-6,8-9,11-15H,2-4H2,1H3,(H,16,17)/p-1/t5-,6+,8+,9+/m0/s1. The summed E-state index contributed by atoms with van der Waals surface area (Å²) in [5, 5.41) is 46.2. The normalized spacial score (nSPS) is 18.8. The molecule has 0 fully saturated rings. The molecular formula is C9H18NO5S2-. The van der Waals surface area contributed by atoms with Crippen LogP contribution in [0.3, 0.4) is 0 Å². The summed E-state index contributed by atoms with van der Waals surface area (Å²) >= 11 is 9.42. The molecule has 0 aromatic carbocycles. The molecular weight excluding hydrogens is 266 g/mol. The van der Waals surface area contributed by atoms with Crippen molar-refractivity contribution in [3.63, 3.8) is 0 Å². The van der Waals surface area contributed by atoms with Crippen molar-refractivity contribution in [3.05, 3.63) is 0 Å². The molecule has 0 radical (unpaired) electrons. The third-order valence-corrected chi connectivity index (χ3v) is 2.48. The molecule has 0 bridgehead atoms. The van der Waals surface area contributed by atoms with E-state index in [0.29, 0.717) is 10.7 Å². The van der Waals surface area contributed by atoms with Gasteiger partial charge in [-0.1, -0.05) is 0 Å². The molecule has 8 heteroatoms. The summed E-state index contributed by atoms with van der Waals surface area (Å²) in [6, 6.07) is 0. The molecule has 5 N–H and O–H groups in total. The largest absolute Gasteiger partial charge is 0.432 e. The van der Waals surface area contributed by atoms with Crippen LogP contribution in [-0.4, -0.2) is 85.8 Å². The summed E-state index contributed by atoms with van der Waals surface area (Å²) in [6.45, 7) is -0.364. The topological polar surface area (TPSA) is 104 Å². The number of hydrogen-bond acceptors (Lipinski definition) is 8. The Bertz CT molecular complexity index is 243. The van der Waals surface area contributed by atoms with Gasteiger partial charge in [0.2, 0.25) is 0 Å². The van der Waals surface area contributed by atoms with E-state index < -0.39 is 31.0 Å². The van der Waals surface area contributed by atoms with E-state index in [1.54, 1.807) is 11.9 Å². The maximum absolute atomic E-state index is 9.59. The van der Waals surface area contributed by atoms with Crippen molar-refractivity contribution in [2.75, 3.05) is 26.7 Å². The predicted octanol–water partition coefficient (Wildman–Crippen LogP) is -2.77. The zero-order chi connectivity index (χ0) is 13.6. The van der Waals surface area contributed by atoms with Gasteiger partial charge >= 0.3 is 0 Å². The number of nitrogens with zero attached hydrogens (tertiary/aromatic N) is 1. The van der Waals surface area contributed by atoms with E-state index in [0.717, 1.165) is 0 Å². The van der Waals surface area contributed by atoms with Gasteiger partial charge in [0.05, 0.1) is 12.7 Å². The minimum Gasteiger partial charge on any atom is -0.432 e. The van der Waals surface area contributed by atoms with Gasteiger partial charge in [-0.2, -0.15) is 0 Å². The zero-order valence-corrected chi connectivity index (χ0v) is 11.1. The van der Waals surface area contributed by atoms with Crippen molar-refractivity contribution in [1.82, 2.24) is 4.90 Å². The number of rotatable bonds is 8. The van der Waals surface area contributed by atoms with Gasteiger partial charge in [0.15, 0.2) is 0 Å². The highest BCUT2D eigenvalue weighted by atomic mass is 32.1. The van der Waals surface area contributed by atoms with E-state index >= 15 is 0 Å². The first-order chi connectivity index (χ1) is 7.79. The van der Waals surface area contributed by atoms with Crippen LogP contribution in [0.15, 0.2) is 0 Å². The van der Waals surface area contributed by atoms with E-state index in [1.807, 2.05) is 0 Å². The average Bonchev–Trinajstić information content (AvgIpc) is 2.24. The van der Waals surface area contributed by atoms with E-state index in [1.165, 1.54) is 0 Å². The molecule has 0 heterocycles. The van der Waals surface area contributed by atoms with Crippen molar-refractivity contribution in [1.29, 1.82) is 0 Å². The second kappa shape index (κ2) is 8.22. The SMILES string of the molecule is CN(CC(=S)[S-])C[C@H](O)[C@@H](O)[C@H](O)[C@H](O)CO. The summed E-state index contributed by atoms with van der Waals surface area (Å²) in [5.74, 6) is 0. The van der Waals surface area contributed by atoms with E-state index in [2.05, 4.69) is 0 Å². The minimum atomic E-state index is -1.61. The Kier molecular flexibility index (Phi) is 8.25. The Balaban J connectivity index is 4.20. The maximum Gasteiger partial charge on any atom is 0.111 e. The average molecular weight is 284 g/mol. The fourth-order valence-corrected chi connectivity index (χ4v) is 1.72. The Morgan fingerprint density at radius 2 is 1.65 bits per heavy atom. The molecule has 0 spiro atoms. The Hall–Kier alpha value is 0.0700. The predicted molar refractivity (Wildman–Crippen MR) is 68.6 cm³/mol. The van der Waals surface area contributed by atoms with Gasteiger partial charge in [0.25, 0.3) is 0 Å². The van der Waals surface area contributed by atoms with Crippen LogP contribution in [0.4, 0.5) is 0 Å². The lowest BCUT2D eigenvalue weighted by Crippen LogP contribution is -2.49. The van der Waals surface area contributed by atoms with E-state index in [9.17, 15) is 15.3 Å². The molecule has 0 rings (SSSR count). The van der Waals surface area contributed by atoms with Crippen LogP contribution in [0.2, 0.25) is 0 Å². The fraction of sp³-hybridized carbons (Fsp3) is 0.889. The number of aliphatic hydroxyl groups is 5. The fourth-order valence-electron chi connectivity index (χ4n) is 1.28. The molecule has 102 valence electrons. The molecule has 0 aromatic heterocycles. The second-order valence-electron chi connectivity index (χ2n) is 3.87. The summed E-state index contributed by atoms with van der Waals surface area (Å²) in [4.78, 5) is 1.58. The maximum atomic E-state index is 9.59. The number of aliphatic hydroxyl groups excluding tert-OH is 5. The van der Waals surface area contributed by atoms with Gasteiger partial charge in [-0.15, -0.1) is 4.20 Å². The molecule has 17 heavy (non-hydrogen) atoms. The highest BCUT2D eigenvalue weighted by molar-refractivity contribution is 8.00. The molecule has 6 nitrogen and oxygen atoms in total. The number of hydrogen-bond donors (Lipinski definition) is 5. The van der Waals surface area contributed by atoms with Gasteiger partial charge in [-0.3, -0.25) is 0 Å². The van der Waals surface area contributed by atoms with Gasteiger partial charge in [-0.25, -0.2) is 0 Å². The molecule has 4 atom stereocenters. The van der Waals surface area contributed by atoms with E-state index in [-0.39, 0.29) is 6.54 Å². The molecule has 0 saturated carbocycles. The Labute approximate surface area is 111 Å². The Morgan fingerprint density at radius 1 is 1.18 bits per heavy atom. The van der Waals surface area contributed by atoms with Crippen molar-refractivity contribution < 1.29 is 25.5 Å². The lowest BCUT2D eigenvalue weighted by Gasteiger charge is -2.29. The van der Waals surface area contributed by atoms with Crippen molar-refractivity contribution >= 4 is 29.0 Å². The van der Waals surface area contributed by atoms with Crippen LogP contribution >= 0.6 is 12.2 Å². The van der Waals surface area contributed by atoms with Crippen molar-refractivity contribution in [2.45, 2.75) is 24.4 Å². The van der Waals surface area contributed by atoms with Crippen molar-refractivity contribution in [2.24, 2.45) is 0 Å². The second-order valence-corrected chi connectivity index (χ2v) is 5.11. The lowest BCUT2D eigenvalue weighted by atomic mass is 10.0. The molecule has 0 aromatic rings. The summed E-state index contributed by atoms with van der Waals surface area (Å²) in [7, 11) is 1.64. The number of thiocarbonyl (C=S) groups is 1.